The zero-order chi connectivity index (χ0) is 25.8. The number of benzene rings is 2. The molecule has 5 rings (SSSR count). The average molecular weight is 489 g/mol. The van der Waals surface area contributed by atoms with Crippen LogP contribution in [0.1, 0.15) is 58.2 Å². The van der Waals surface area contributed by atoms with E-state index in [2.05, 4.69) is 41.6 Å². The first-order valence-corrected chi connectivity index (χ1v) is 12.4. The van der Waals surface area contributed by atoms with Crippen LogP contribution in [-0.4, -0.2) is 25.9 Å². The Hall–Kier alpha value is -3.52. The number of fused-ring (bicyclic) bond motifs is 2. The minimum atomic E-state index is -0.391. The van der Waals surface area contributed by atoms with Gasteiger partial charge in [-0.2, -0.15) is 4.98 Å². The van der Waals surface area contributed by atoms with Gasteiger partial charge < -0.3 is 10.6 Å². The van der Waals surface area contributed by atoms with Crippen molar-refractivity contribution in [3.8, 4) is 5.69 Å². The second-order valence-electron chi connectivity index (χ2n) is 11.2. The molecule has 7 nitrogen and oxygen atoms in total. The van der Waals surface area contributed by atoms with Crippen LogP contribution in [-0.2, 0) is 23.9 Å². The molecule has 2 aromatic heterocycles. The van der Waals surface area contributed by atoms with E-state index in [1.54, 1.807) is 27.7 Å². The molecule has 0 fully saturated rings. The molecule has 8 heteroatoms. The molecule has 0 saturated heterocycles. The lowest BCUT2D eigenvalue weighted by Crippen LogP contribution is -2.38. The summed E-state index contributed by atoms with van der Waals surface area (Å²) in [6.45, 7) is 14.5. The SMILES string of the molecule is CCn1c(=O)c2cnc(Nc3ccc4c(c3)CNCC4(C)C)nc2n1-c1ccc(F)c(C(C)(C)C)c1. The third-order valence-corrected chi connectivity index (χ3v) is 6.95. The highest BCUT2D eigenvalue weighted by molar-refractivity contribution is 5.77. The van der Waals surface area contributed by atoms with Crippen molar-refractivity contribution < 1.29 is 4.39 Å². The van der Waals surface area contributed by atoms with Gasteiger partial charge in [-0.25, -0.2) is 18.7 Å². The standard InChI is InChI=1S/C28H33FN6O/c1-7-34-25(36)20-15-31-26(32-18-8-10-21-17(12-18)14-30-16-28(21,5)6)33-24(20)35(34)19-9-11-23(29)22(13-19)27(2,3)4/h8-13,15,30H,7,14,16H2,1-6H3,(H,31,32,33). The summed E-state index contributed by atoms with van der Waals surface area (Å²) in [7, 11) is 0. The lowest BCUT2D eigenvalue weighted by molar-refractivity contribution is 0.435. The first-order valence-electron chi connectivity index (χ1n) is 12.4. The van der Waals surface area contributed by atoms with Gasteiger partial charge in [-0.1, -0.05) is 40.7 Å². The van der Waals surface area contributed by atoms with Gasteiger partial charge in [0.1, 0.15) is 11.2 Å². The highest BCUT2D eigenvalue weighted by Crippen LogP contribution is 2.32. The molecule has 3 heterocycles. The number of hydrogen-bond donors (Lipinski definition) is 2. The highest BCUT2D eigenvalue weighted by atomic mass is 19.1. The summed E-state index contributed by atoms with van der Waals surface area (Å²) in [6, 6.07) is 11.3. The van der Waals surface area contributed by atoms with Gasteiger partial charge in [-0.05, 0) is 59.4 Å². The topological polar surface area (TPSA) is 76.8 Å². The summed E-state index contributed by atoms with van der Waals surface area (Å²) in [6.07, 6.45) is 1.56. The summed E-state index contributed by atoms with van der Waals surface area (Å²) in [4.78, 5) is 22.3. The first-order chi connectivity index (χ1) is 17.0. The molecule has 36 heavy (non-hydrogen) atoms. The van der Waals surface area contributed by atoms with E-state index in [0.29, 0.717) is 34.8 Å². The Bertz CT molecular complexity index is 1530. The van der Waals surface area contributed by atoms with Crippen LogP contribution in [0.5, 0.6) is 0 Å². The maximum Gasteiger partial charge on any atom is 0.278 e. The van der Waals surface area contributed by atoms with E-state index in [-0.39, 0.29) is 16.8 Å². The van der Waals surface area contributed by atoms with E-state index < -0.39 is 5.41 Å². The van der Waals surface area contributed by atoms with E-state index in [9.17, 15) is 9.18 Å². The molecule has 0 aliphatic carbocycles. The average Bonchev–Trinajstić information content (AvgIpc) is 3.09. The molecule has 188 valence electrons. The zero-order valence-electron chi connectivity index (χ0n) is 21.7. The number of halogens is 1. The molecular formula is C28H33FN6O. The van der Waals surface area contributed by atoms with Crippen LogP contribution >= 0.6 is 0 Å². The second-order valence-corrected chi connectivity index (χ2v) is 11.2. The molecular weight excluding hydrogens is 455 g/mol. The Labute approximate surface area is 210 Å². The third kappa shape index (κ3) is 4.09. The van der Waals surface area contributed by atoms with Crippen molar-refractivity contribution in [3.63, 3.8) is 0 Å². The fourth-order valence-electron chi connectivity index (χ4n) is 5.07. The minimum Gasteiger partial charge on any atom is -0.324 e. The molecule has 2 aromatic carbocycles. The van der Waals surface area contributed by atoms with Crippen LogP contribution in [0, 0.1) is 5.82 Å². The van der Waals surface area contributed by atoms with Gasteiger partial charge >= 0.3 is 0 Å². The largest absolute Gasteiger partial charge is 0.324 e. The van der Waals surface area contributed by atoms with Gasteiger partial charge in [0.25, 0.3) is 5.56 Å². The number of hydrogen-bond acceptors (Lipinski definition) is 5. The molecule has 0 bridgehead atoms. The number of rotatable bonds is 4. The summed E-state index contributed by atoms with van der Waals surface area (Å²) in [5.41, 5.74) is 4.70. The first kappa shape index (κ1) is 24.2. The predicted octanol–water partition coefficient (Wildman–Crippen LogP) is 5.16. The molecule has 0 saturated carbocycles. The number of aromatic nitrogens is 4. The fraction of sp³-hybridized carbons (Fsp3) is 0.393. The van der Waals surface area contributed by atoms with Gasteiger partial charge in [0, 0.05) is 36.9 Å². The highest BCUT2D eigenvalue weighted by Gasteiger charge is 2.27. The maximum absolute atomic E-state index is 14.6. The van der Waals surface area contributed by atoms with Crippen molar-refractivity contribution in [1.82, 2.24) is 24.6 Å². The zero-order valence-corrected chi connectivity index (χ0v) is 21.7. The Morgan fingerprint density at radius 2 is 1.94 bits per heavy atom. The Morgan fingerprint density at radius 1 is 1.17 bits per heavy atom. The lowest BCUT2D eigenvalue weighted by atomic mass is 9.79. The van der Waals surface area contributed by atoms with Crippen molar-refractivity contribution >= 4 is 22.7 Å². The van der Waals surface area contributed by atoms with E-state index in [1.165, 1.54) is 17.2 Å². The molecule has 0 atom stereocenters. The van der Waals surface area contributed by atoms with Crippen LogP contribution in [0.3, 0.4) is 0 Å². The predicted molar refractivity (Wildman–Crippen MR) is 142 cm³/mol. The summed E-state index contributed by atoms with van der Waals surface area (Å²) in [5, 5.41) is 7.21. The van der Waals surface area contributed by atoms with Crippen molar-refractivity contribution in [2.45, 2.75) is 65.5 Å². The van der Waals surface area contributed by atoms with Gasteiger partial charge in [0.05, 0.1) is 5.69 Å². The summed E-state index contributed by atoms with van der Waals surface area (Å²) < 4.78 is 18.0. The minimum absolute atomic E-state index is 0.0712. The lowest BCUT2D eigenvalue weighted by Gasteiger charge is -2.33. The third-order valence-electron chi connectivity index (χ3n) is 6.95. The van der Waals surface area contributed by atoms with Crippen LogP contribution in [0.25, 0.3) is 16.7 Å². The van der Waals surface area contributed by atoms with E-state index >= 15 is 0 Å². The fourth-order valence-corrected chi connectivity index (χ4v) is 5.07. The van der Waals surface area contributed by atoms with E-state index in [0.717, 1.165) is 18.8 Å². The molecule has 0 amide bonds. The van der Waals surface area contributed by atoms with Crippen LogP contribution in [0.15, 0.2) is 47.4 Å². The van der Waals surface area contributed by atoms with Crippen molar-refractivity contribution in [2.75, 3.05) is 11.9 Å². The van der Waals surface area contributed by atoms with Crippen LogP contribution in [0.2, 0.25) is 0 Å². The second kappa shape index (κ2) is 8.55. The van der Waals surface area contributed by atoms with E-state index in [4.69, 9.17) is 4.98 Å². The number of nitrogens with one attached hydrogen (secondary N) is 2. The van der Waals surface area contributed by atoms with Crippen molar-refractivity contribution in [3.05, 3.63) is 75.5 Å². The summed E-state index contributed by atoms with van der Waals surface area (Å²) >= 11 is 0. The quantitative estimate of drug-likeness (QED) is 0.415. The van der Waals surface area contributed by atoms with Crippen LogP contribution in [0.4, 0.5) is 16.0 Å². The van der Waals surface area contributed by atoms with Gasteiger partial charge in [-0.15, -0.1) is 0 Å². The molecule has 1 aliphatic heterocycles. The smallest absolute Gasteiger partial charge is 0.278 e. The van der Waals surface area contributed by atoms with Gasteiger partial charge in [-0.3, -0.25) is 4.79 Å². The monoisotopic (exact) mass is 488 g/mol. The molecule has 0 unspecified atom stereocenters. The molecule has 0 spiro atoms. The molecule has 1 aliphatic rings. The summed E-state index contributed by atoms with van der Waals surface area (Å²) in [5.74, 6) is 0.126. The van der Waals surface area contributed by atoms with E-state index in [1.807, 2.05) is 33.8 Å². The molecule has 4 aromatic rings. The van der Waals surface area contributed by atoms with Crippen molar-refractivity contribution in [2.24, 2.45) is 0 Å². The Balaban J connectivity index is 1.60. The van der Waals surface area contributed by atoms with Crippen molar-refractivity contribution in [1.29, 1.82) is 0 Å². The maximum atomic E-state index is 14.6. The number of anilines is 2. The Morgan fingerprint density at radius 3 is 2.67 bits per heavy atom. The molecule has 0 radical (unpaired) electrons. The number of nitrogens with zero attached hydrogens (tertiary/aromatic N) is 4. The van der Waals surface area contributed by atoms with Gasteiger partial charge in [0.2, 0.25) is 5.95 Å². The van der Waals surface area contributed by atoms with Gasteiger partial charge in [0.15, 0.2) is 5.65 Å². The Kier molecular flexibility index (Phi) is 5.75. The normalized spacial score (nSPS) is 15.2. The van der Waals surface area contributed by atoms with Crippen LogP contribution < -0.4 is 16.2 Å². The molecule has 2 N–H and O–H groups in total.